The van der Waals surface area contributed by atoms with E-state index < -0.39 is 29.9 Å². The number of hydrogen-bond donors (Lipinski definition) is 3. The number of ether oxygens (including phenoxy) is 1. The zero-order valence-electron chi connectivity index (χ0n) is 22.0. The minimum Gasteiger partial charge on any atom is -0.481 e. The van der Waals surface area contributed by atoms with Crippen molar-refractivity contribution in [3.8, 4) is 5.75 Å². The smallest absolute Gasteiger partial charge is 0.481 e. The van der Waals surface area contributed by atoms with Crippen LogP contribution in [0.5, 0.6) is 5.75 Å². The highest BCUT2D eigenvalue weighted by molar-refractivity contribution is 5.97. The zero-order chi connectivity index (χ0) is 29.3. The molecule has 0 bridgehead atoms. The normalized spacial score (nSPS) is 12.7. The Labute approximate surface area is 229 Å². The van der Waals surface area contributed by atoms with Crippen LogP contribution < -0.4 is 15.4 Å². The quantitative estimate of drug-likeness (QED) is 0.259. The van der Waals surface area contributed by atoms with Crippen molar-refractivity contribution in [2.24, 2.45) is 0 Å². The SMILES string of the molecule is CCCC(c1ccc(C(=O)NCCC(=O)O)cc1)C(C(=O)Nc1ccc(C)nc1)c1ccc(OC(F)(F)F)cc1. The van der Waals surface area contributed by atoms with Crippen molar-refractivity contribution in [3.05, 3.63) is 89.2 Å². The Kier molecular flexibility index (Phi) is 10.2. The summed E-state index contributed by atoms with van der Waals surface area (Å²) >= 11 is 0. The standard InChI is InChI=1S/C29H30F3N3O5/c1-3-4-24(19-6-8-21(9-7-19)27(38)33-16-15-25(36)37)26(28(39)35-22-12-5-18(2)34-17-22)20-10-13-23(14-11-20)40-29(30,31)32/h5-14,17,24,26H,3-4,15-16H2,1-2H3,(H,33,38)(H,35,39)(H,36,37). The summed E-state index contributed by atoms with van der Waals surface area (Å²) in [6.07, 6.45) is -2.26. The fraction of sp³-hybridized carbons (Fsp3) is 0.310. The van der Waals surface area contributed by atoms with Crippen LogP contribution >= 0.6 is 0 Å². The second kappa shape index (κ2) is 13.6. The molecule has 0 radical (unpaired) electrons. The molecule has 0 saturated heterocycles. The summed E-state index contributed by atoms with van der Waals surface area (Å²) in [7, 11) is 0. The third-order valence-electron chi connectivity index (χ3n) is 6.16. The van der Waals surface area contributed by atoms with Gasteiger partial charge in [-0.2, -0.15) is 0 Å². The maximum Gasteiger partial charge on any atom is 0.573 e. The number of carbonyl (C=O) groups is 3. The molecule has 0 spiro atoms. The van der Waals surface area contributed by atoms with E-state index in [2.05, 4.69) is 20.4 Å². The molecule has 1 heterocycles. The number of nitrogens with one attached hydrogen (secondary N) is 2. The lowest BCUT2D eigenvalue weighted by Gasteiger charge is -2.27. The van der Waals surface area contributed by atoms with Gasteiger partial charge in [0.15, 0.2) is 0 Å². The molecule has 8 nitrogen and oxygen atoms in total. The van der Waals surface area contributed by atoms with Crippen LogP contribution in [0.15, 0.2) is 66.9 Å². The number of carboxylic acids is 1. The molecule has 2 amide bonds. The number of anilines is 1. The zero-order valence-corrected chi connectivity index (χ0v) is 22.0. The number of aromatic nitrogens is 1. The van der Waals surface area contributed by atoms with E-state index in [0.29, 0.717) is 29.7 Å². The molecule has 0 saturated carbocycles. The van der Waals surface area contributed by atoms with E-state index in [1.165, 1.54) is 30.5 Å². The molecule has 1 aromatic heterocycles. The minimum atomic E-state index is -4.84. The Bertz CT molecular complexity index is 1290. The number of carboxylic acid groups (broad SMARTS) is 1. The third kappa shape index (κ3) is 8.82. The summed E-state index contributed by atoms with van der Waals surface area (Å²) in [6.45, 7) is 3.75. The molecule has 2 unspecified atom stereocenters. The fourth-order valence-corrected chi connectivity index (χ4v) is 4.31. The first-order valence-electron chi connectivity index (χ1n) is 12.7. The topological polar surface area (TPSA) is 118 Å². The number of rotatable bonds is 12. The minimum absolute atomic E-state index is 0.0153. The van der Waals surface area contributed by atoms with Gasteiger partial charge in [0, 0.05) is 17.8 Å². The lowest BCUT2D eigenvalue weighted by molar-refractivity contribution is -0.274. The molecule has 3 aromatic rings. The van der Waals surface area contributed by atoms with Gasteiger partial charge in [0.2, 0.25) is 5.91 Å². The van der Waals surface area contributed by atoms with Gasteiger partial charge < -0.3 is 20.5 Å². The molecule has 212 valence electrons. The van der Waals surface area contributed by atoms with Gasteiger partial charge >= 0.3 is 12.3 Å². The molecular weight excluding hydrogens is 527 g/mol. The van der Waals surface area contributed by atoms with Crippen LogP contribution in [0.4, 0.5) is 18.9 Å². The Balaban J connectivity index is 1.93. The summed E-state index contributed by atoms with van der Waals surface area (Å²) in [5.74, 6) is -3.41. The Morgan fingerprint density at radius 3 is 2.17 bits per heavy atom. The molecule has 2 aromatic carbocycles. The Hall–Kier alpha value is -4.41. The first kappa shape index (κ1) is 30.1. The summed E-state index contributed by atoms with van der Waals surface area (Å²) in [6, 6.07) is 15.3. The van der Waals surface area contributed by atoms with E-state index in [-0.39, 0.29) is 24.8 Å². The lowest BCUT2D eigenvalue weighted by Crippen LogP contribution is -2.27. The first-order valence-corrected chi connectivity index (χ1v) is 12.7. The Morgan fingerprint density at radius 2 is 1.62 bits per heavy atom. The number of amides is 2. The van der Waals surface area contributed by atoms with Crippen molar-refractivity contribution in [2.75, 3.05) is 11.9 Å². The van der Waals surface area contributed by atoms with Gasteiger partial charge in [-0.1, -0.05) is 37.6 Å². The summed E-state index contributed by atoms with van der Waals surface area (Å²) in [5.41, 5.74) is 2.81. The highest BCUT2D eigenvalue weighted by atomic mass is 19.4. The second-order valence-electron chi connectivity index (χ2n) is 9.19. The van der Waals surface area contributed by atoms with Crippen LogP contribution in [0.25, 0.3) is 0 Å². The summed E-state index contributed by atoms with van der Waals surface area (Å²) in [5, 5.41) is 14.2. The van der Waals surface area contributed by atoms with Crippen LogP contribution in [0.2, 0.25) is 0 Å². The van der Waals surface area contributed by atoms with Gasteiger partial charge in [0.05, 0.1) is 24.2 Å². The Morgan fingerprint density at radius 1 is 0.975 bits per heavy atom. The average Bonchev–Trinajstić information content (AvgIpc) is 2.89. The number of carbonyl (C=O) groups excluding carboxylic acids is 2. The van der Waals surface area contributed by atoms with Crippen molar-refractivity contribution in [3.63, 3.8) is 0 Å². The molecule has 40 heavy (non-hydrogen) atoms. The van der Waals surface area contributed by atoms with Crippen LogP contribution in [0.1, 0.15) is 65.2 Å². The predicted octanol–water partition coefficient (Wildman–Crippen LogP) is 5.80. The highest BCUT2D eigenvalue weighted by Gasteiger charge is 2.33. The molecule has 11 heteroatoms. The number of hydrogen-bond acceptors (Lipinski definition) is 5. The molecule has 0 aliphatic carbocycles. The molecular formula is C29H30F3N3O5. The first-order chi connectivity index (χ1) is 19.0. The summed E-state index contributed by atoms with van der Waals surface area (Å²) in [4.78, 5) is 41.0. The number of benzene rings is 2. The van der Waals surface area contributed by atoms with E-state index in [1.54, 1.807) is 36.4 Å². The number of halogens is 3. The highest BCUT2D eigenvalue weighted by Crippen LogP contribution is 2.38. The maximum absolute atomic E-state index is 13.7. The molecule has 0 aliphatic heterocycles. The van der Waals surface area contributed by atoms with Gasteiger partial charge in [-0.25, -0.2) is 0 Å². The molecule has 2 atom stereocenters. The molecule has 0 aliphatic rings. The third-order valence-corrected chi connectivity index (χ3v) is 6.16. The van der Waals surface area contributed by atoms with E-state index in [1.807, 2.05) is 13.8 Å². The van der Waals surface area contributed by atoms with Gasteiger partial charge in [0.25, 0.3) is 5.91 Å². The van der Waals surface area contributed by atoms with Crippen LogP contribution in [-0.4, -0.2) is 40.8 Å². The van der Waals surface area contributed by atoms with Crippen molar-refractivity contribution in [1.82, 2.24) is 10.3 Å². The van der Waals surface area contributed by atoms with Crippen molar-refractivity contribution >= 4 is 23.5 Å². The average molecular weight is 558 g/mol. The molecule has 0 fully saturated rings. The molecule has 3 N–H and O–H groups in total. The fourth-order valence-electron chi connectivity index (χ4n) is 4.31. The van der Waals surface area contributed by atoms with Crippen LogP contribution in [0.3, 0.4) is 0 Å². The van der Waals surface area contributed by atoms with Gasteiger partial charge in [-0.15, -0.1) is 13.2 Å². The number of aliphatic carboxylic acids is 1. The van der Waals surface area contributed by atoms with Gasteiger partial charge in [-0.3, -0.25) is 19.4 Å². The van der Waals surface area contributed by atoms with Crippen LogP contribution in [-0.2, 0) is 9.59 Å². The summed E-state index contributed by atoms with van der Waals surface area (Å²) < 4.78 is 42.1. The molecule has 3 rings (SSSR count). The van der Waals surface area contributed by atoms with E-state index in [9.17, 15) is 27.6 Å². The van der Waals surface area contributed by atoms with Crippen LogP contribution in [0, 0.1) is 6.92 Å². The monoisotopic (exact) mass is 557 g/mol. The van der Waals surface area contributed by atoms with E-state index >= 15 is 0 Å². The number of pyridine rings is 1. The van der Waals surface area contributed by atoms with Crippen molar-refractivity contribution in [2.45, 2.75) is 51.3 Å². The number of aryl methyl sites for hydroxylation is 1. The van der Waals surface area contributed by atoms with E-state index in [4.69, 9.17) is 5.11 Å². The van der Waals surface area contributed by atoms with Gasteiger partial charge in [-0.05, 0) is 66.8 Å². The van der Waals surface area contributed by atoms with E-state index in [0.717, 1.165) is 11.3 Å². The van der Waals surface area contributed by atoms with Gasteiger partial charge in [0.1, 0.15) is 5.75 Å². The largest absolute Gasteiger partial charge is 0.573 e. The second-order valence-corrected chi connectivity index (χ2v) is 9.19. The van der Waals surface area contributed by atoms with Crippen molar-refractivity contribution in [1.29, 1.82) is 0 Å². The number of nitrogens with zero attached hydrogens (tertiary/aromatic N) is 1. The lowest BCUT2D eigenvalue weighted by atomic mass is 9.78. The predicted molar refractivity (Wildman–Crippen MR) is 142 cm³/mol. The number of alkyl halides is 3. The van der Waals surface area contributed by atoms with Crippen molar-refractivity contribution < 1.29 is 37.4 Å². The maximum atomic E-state index is 13.7.